The van der Waals surface area contributed by atoms with Gasteiger partial charge >= 0.3 is 5.69 Å². The zero-order valence-corrected chi connectivity index (χ0v) is 13.9. The van der Waals surface area contributed by atoms with Crippen LogP contribution in [0.4, 0.5) is 0 Å². The summed E-state index contributed by atoms with van der Waals surface area (Å²) in [7, 11) is 1.29. The molecule has 4 atom stereocenters. The topological polar surface area (TPSA) is 109 Å². The van der Waals surface area contributed by atoms with Crippen LogP contribution in [0.3, 0.4) is 0 Å². The van der Waals surface area contributed by atoms with Gasteiger partial charge in [0.1, 0.15) is 18.3 Å². The van der Waals surface area contributed by atoms with Crippen molar-refractivity contribution >= 4 is 5.78 Å². The smallest absolute Gasteiger partial charge is 0.332 e. The minimum absolute atomic E-state index is 0.122. The Morgan fingerprint density at radius 1 is 1.29 bits per heavy atom. The first-order valence-corrected chi connectivity index (χ1v) is 7.61. The van der Waals surface area contributed by atoms with E-state index in [1.165, 1.54) is 20.2 Å². The van der Waals surface area contributed by atoms with E-state index in [4.69, 9.17) is 14.2 Å². The van der Waals surface area contributed by atoms with E-state index in [-0.39, 0.29) is 12.2 Å². The van der Waals surface area contributed by atoms with Crippen molar-refractivity contribution in [1.29, 1.82) is 0 Å². The highest BCUT2D eigenvalue weighted by Crippen LogP contribution is 2.42. The Balaban J connectivity index is 2.11. The summed E-state index contributed by atoms with van der Waals surface area (Å²) < 4.78 is 19.3. The van der Waals surface area contributed by atoms with Crippen molar-refractivity contribution in [3.63, 3.8) is 0 Å². The van der Waals surface area contributed by atoms with Gasteiger partial charge in [0.15, 0.2) is 17.8 Å². The molecule has 0 aliphatic carbocycles. The molecule has 1 N–H and O–H groups in total. The number of carbonyl (C=O) groups is 1. The van der Waals surface area contributed by atoms with E-state index in [2.05, 4.69) is 0 Å². The van der Waals surface area contributed by atoms with E-state index in [1.807, 2.05) is 0 Å². The number of aromatic nitrogens is 2. The van der Waals surface area contributed by atoms with Gasteiger partial charge in [0.2, 0.25) is 0 Å². The first kappa shape index (κ1) is 17.0. The molecular weight excluding hydrogens is 320 g/mol. The molecule has 2 fully saturated rings. The van der Waals surface area contributed by atoms with Gasteiger partial charge in [-0.05, 0) is 20.8 Å². The highest BCUT2D eigenvalue weighted by atomic mass is 16.8. The average molecular weight is 340 g/mol. The number of carbonyl (C=O) groups excluding carboxylic acids is 1. The molecule has 2 aliphatic heterocycles. The summed E-state index contributed by atoms with van der Waals surface area (Å²) in [4.78, 5) is 36.2. The van der Waals surface area contributed by atoms with Gasteiger partial charge in [-0.15, -0.1) is 0 Å². The molecule has 1 aromatic heterocycles. The minimum Gasteiger partial charge on any atom is -0.394 e. The summed E-state index contributed by atoms with van der Waals surface area (Å²) in [5.41, 5.74) is -1.43. The number of Topliss-reactive ketones (excluding diaryl/α,β-unsaturated/α-hetero) is 1. The molecule has 2 saturated heterocycles. The quantitative estimate of drug-likeness (QED) is 0.715. The Hall–Kier alpha value is -1.81. The van der Waals surface area contributed by atoms with Gasteiger partial charge in [-0.3, -0.25) is 18.7 Å². The Labute approximate surface area is 137 Å². The molecule has 0 unspecified atom stereocenters. The molecule has 0 aromatic carbocycles. The standard InChI is InChI=1S/C15H20N2O7/c1-7(19)8-5-17(14(21)16(4)12(8)20)13-11-10(9(6-18)22-13)23-15(2,3)24-11/h5,9-11,13,18H,6H2,1-4H3/t9-,10+,11+,13-/m1/s1. The molecule has 24 heavy (non-hydrogen) atoms. The summed E-state index contributed by atoms with van der Waals surface area (Å²) in [5.74, 6) is -1.35. The second-order valence-electron chi connectivity index (χ2n) is 6.47. The summed E-state index contributed by atoms with van der Waals surface area (Å²) >= 11 is 0. The third kappa shape index (κ3) is 2.53. The lowest BCUT2D eigenvalue weighted by atomic mass is 10.1. The van der Waals surface area contributed by atoms with Gasteiger partial charge < -0.3 is 19.3 Å². The summed E-state index contributed by atoms with van der Waals surface area (Å²) in [5, 5.41) is 9.50. The molecule has 2 aliphatic rings. The normalized spacial score (nSPS) is 31.2. The number of aliphatic hydroxyl groups is 1. The van der Waals surface area contributed by atoms with E-state index in [0.29, 0.717) is 0 Å². The second-order valence-corrected chi connectivity index (χ2v) is 6.47. The predicted octanol–water partition coefficient (Wildman–Crippen LogP) is -0.841. The highest BCUT2D eigenvalue weighted by Gasteiger charge is 2.56. The number of hydrogen-bond donors (Lipinski definition) is 1. The molecule has 0 spiro atoms. The molecule has 0 amide bonds. The van der Waals surface area contributed by atoms with Crippen LogP contribution in [0.25, 0.3) is 0 Å². The zero-order chi connectivity index (χ0) is 17.8. The molecule has 132 valence electrons. The van der Waals surface area contributed by atoms with E-state index in [0.717, 1.165) is 9.13 Å². The molecule has 0 saturated carbocycles. The monoisotopic (exact) mass is 340 g/mol. The first-order valence-electron chi connectivity index (χ1n) is 7.61. The Bertz CT molecular complexity index is 794. The van der Waals surface area contributed by atoms with Gasteiger partial charge in [-0.25, -0.2) is 4.79 Å². The Morgan fingerprint density at radius 3 is 2.50 bits per heavy atom. The number of ether oxygens (including phenoxy) is 3. The molecule has 3 rings (SSSR count). The van der Waals surface area contributed by atoms with E-state index in [1.54, 1.807) is 13.8 Å². The van der Waals surface area contributed by atoms with Gasteiger partial charge in [-0.1, -0.05) is 0 Å². The van der Waals surface area contributed by atoms with Gasteiger partial charge in [0.05, 0.1) is 12.2 Å². The van der Waals surface area contributed by atoms with Crippen LogP contribution in [-0.4, -0.2) is 50.7 Å². The lowest BCUT2D eigenvalue weighted by Crippen LogP contribution is -2.44. The fourth-order valence-electron chi connectivity index (χ4n) is 3.14. The number of aliphatic hydroxyl groups excluding tert-OH is 1. The molecule has 0 radical (unpaired) electrons. The summed E-state index contributed by atoms with van der Waals surface area (Å²) in [6.45, 7) is 4.39. The number of ketones is 1. The molecular formula is C15H20N2O7. The third-order valence-corrected chi connectivity index (χ3v) is 4.27. The largest absolute Gasteiger partial charge is 0.394 e. The summed E-state index contributed by atoms with van der Waals surface area (Å²) in [6.07, 6.45) is -1.60. The molecule has 9 heteroatoms. The fraction of sp³-hybridized carbons (Fsp3) is 0.667. The van der Waals surface area contributed by atoms with Crippen LogP contribution < -0.4 is 11.2 Å². The Morgan fingerprint density at radius 2 is 1.92 bits per heavy atom. The van der Waals surface area contributed by atoms with Crippen molar-refractivity contribution in [1.82, 2.24) is 9.13 Å². The van der Waals surface area contributed by atoms with Crippen LogP contribution in [0.15, 0.2) is 15.8 Å². The van der Waals surface area contributed by atoms with Crippen molar-refractivity contribution in [2.45, 2.75) is 51.1 Å². The van der Waals surface area contributed by atoms with E-state index >= 15 is 0 Å². The average Bonchev–Trinajstić information content (AvgIpc) is 2.98. The number of rotatable bonds is 3. The zero-order valence-electron chi connectivity index (χ0n) is 13.9. The predicted molar refractivity (Wildman–Crippen MR) is 80.8 cm³/mol. The Kier molecular flexibility index (Phi) is 3.99. The second kappa shape index (κ2) is 5.62. The van der Waals surface area contributed by atoms with Crippen LogP contribution in [-0.2, 0) is 21.3 Å². The maximum absolute atomic E-state index is 12.5. The third-order valence-electron chi connectivity index (χ3n) is 4.27. The summed E-state index contributed by atoms with van der Waals surface area (Å²) in [6, 6.07) is 0. The molecule has 1 aromatic rings. The van der Waals surface area contributed by atoms with E-state index in [9.17, 15) is 19.5 Å². The lowest BCUT2D eigenvalue weighted by Gasteiger charge is -2.24. The van der Waals surface area contributed by atoms with Crippen molar-refractivity contribution < 1.29 is 24.1 Å². The van der Waals surface area contributed by atoms with Crippen LogP contribution in [0, 0.1) is 0 Å². The van der Waals surface area contributed by atoms with Crippen molar-refractivity contribution in [3.05, 3.63) is 32.6 Å². The number of hydrogen-bond acceptors (Lipinski definition) is 7. The highest BCUT2D eigenvalue weighted by molar-refractivity contribution is 5.93. The molecule has 0 bridgehead atoms. The van der Waals surface area contributed by atoms with Crippen LogP contribution in [0.1, 0.15) is 37.4 Å². The number of nitrogens with zero attached hydrogens (tertiary/aromatic N) is 2. The lowest BCUT2D eigenvalue weighted by molar-refractivity contribution is -0.200. The number of fused-ring (bicyclic) bond motifs is 1. The van der Waals surface area contributed by atoms with Gasteiger partial charge in [0, 0.05) is 13.2 Å². The maximum Gasteiger partial charge on any atom is 0.332 e. The van der Waals surface area contributed by atoms with Crippen molar-refractivity contribution in [3.8, 4) is 0 Å². The van der Waals surface area contributed by atoms with Crippen LogP contribution >= 0.6 is 0 Å². The SMILES string of the molecule is CC(=O)c1cn([C@@H]2O[C@H](CO)[C@@H]3OC(C)(C)O[C@@H]32)c(=O)n(C)c1=O. The maximum atomic E-state index is 12.5. The van der Waals surface area contributed by atoms with Gasteiger partial charge in [-0.2, -0.15) is 0 Å². The van der Waals surface area contributed by atoms with Gasteiger partial charge in [0.25, 0.3) is 5.56 Å². The molecule has 9 nitrogen and oxygen atoms in total. The fourth-order valence-corrected chi connectivity index (χ4v) is 3.14. The first-order chi connectivity index (χ1) is 11.2. The minimum atomic E-state index is -0.911. The van der Waals surface area contributed by atoms with Crippen molar-refractivity contribution in [2.24, 2.45) is 7.05 Å². The van der Waals surface area contributed by atoms with Crippen molar-refractivity contribution in [2.75, 3.05) is 6.61 Å². The van der Waals surface area contributed by atoms with Crippen LogP contribution in [0.2, 0.25) is 0 Å². The van der Waals surface area contributed by atoms with E-state index < -0.39 is 47.4 Å². The molecule has 3 heterocycles. The van der Waals surface area contributed by atoms with Crippen LogP contribution in [0.5, 0.6) is 0 Å².